The predicted octanol–water partition coefficient (Wildman–Crippen LogP) is 4.35. The number of carbonyl (C=O) groups excluding carboxylic acids is 1. The van der Waals surface area contributed by atoms with Gasteiger partial charge >= 0.3 is 6.09 Å². The highest BCUT2D eigenvalue weighted by molar-refractivity contribution is 9.11. The summed E-state index contributed by atoms with van der Waals surface area (Å²) in [5.74, 6) is 0. The number of amides is 1. The van der Waals surface area contributed by atoms with E-state index in [4.69, 9.17) is 10.5 Å². The van der Waals surface area contributed by atoms with Gasteiger partial charge in [0.15, 0.2) is 0 Å². The van der Waals surface area contributed by atoms with Gasteiger partial charge < -0.3 is 15.4 Å². The Morgan fingerprint density at radius 2 is 2.05 bits per heavy atom. The molecule has 1 aliphatic rings. The minimum atomic E-state index is -0.494. The Bertz CT molecular complexity index is 555. The number of fused-ring (bicyclic) bond motifs is 1. The molecule has 2 N–H and O–H groups in total. The molecule has 116 valence electrons. The monoisotopic (exact) mass is 418 g/mol. The maximum Gasteiger partial charge on any atom is 0.410 e. The molecule has 2 rings (SSSR count). The highest BCUT2D eigenvalue weighted by Crippen LogP contribution is 2.34. The van der Waals surface area contributed by atoms with Gasteiger partial charge in [0.2, 0.25) is 0 Å². The van der Waals surface area contributed by atoms with Crippen LogP contribution in [-0.2, 0) is 11.3 Å². The number of rotatable bonds is 0. The van der Waals surface area contributed by atoms with Gasteiger partial charge in [-0.05, 0) is 50.5 Å². The smallest absolute Gasteiger partial charge is 0.410 e. The number of hydrogen-bond acceptors (Lipinski definition) is 3. The zero-order valence-electron chi connectivity index (χ0n) is 12.5. The maximum absolute atomic E-state index is 12.3. The van der Waals surface area contributed by atoms with Gasteiger partial charge in [-0.2, -0.15) is 0 Å². The van der Waals surface area contributed by atoms with Crippen LogP contribution in [0.25, 0.3) is 0 Å². The van der Waals surface area contributed by atoms with E-state index in [9.17, 15) is 4.79 Å². The summed E-state index contributed by atoms with van der Waals surface area (Å²) in [6.07, 6.45) is 0.422. The summed E-state index contributed by atoms with van der Waals surface area (Å²) in [6.45, 7) is 6.71. The highest BCUT2D eigenvalue weighted by atomic mass is 79.9. The minimum absolute atomic E-state index is 0.0880. The molecule has 0 radical (unpaired) electrons. The van der Waals surface area contributed by atoms with E-state index in [1.165, 1.54) is 0 Å². The number of benzene rings is 1. The molecule has 0 aromatic heterocycles. The van der Waals surface area contributed by atoms with Crippen molar-refractivity contribution in [2.75, 3.05) is 6.54 Å². The van der Waals surface area contributed by atoms with Crippen LogP contribution in [0.5, 0.6) is 0 Å². The molecule has 1 aliphatic heterocycles. The average molecular weight is 420 g/mol. The number of nitrogens with two attached hydrogens (primary N) is 1. The van der Waals surface area contributed by atoms with Crippen LogP contribution < -0.4 is 5.73 Å². The molecule has 0 saturated carbocycles. The third kappa shape index (κ3) is 4.20. The van der Waals surface area contributed by atoms with E-state index < -0.39 is 5.60 Å². The molecule has 0 saturated heterocycles. The summed E-state index contributed by atoms with van der Waals surface area (Å²) in [5.41, 5.74) is 7.89. The molecular formula is C15H20Br2N2O2. The number of carbonyl (C=O) groups is 1. The lowest BCUT2D eigenvalue weighted by Gasteiger charge is -2.26. The molecular weight excluding hydrogens is 400 g/mol. The Morgan fingerprint density at radius 3 is 2.67 bits per heavy atom. The third-order valence-corrected chi connectivity index (χ3v) is 4.39. The molecule has 1 aromatic rings. The molecule has 21 heavy (non-hydrogen) atoms. The van der Waals surface area contributed by atoms with Crippen LogP contribution in [0, 0.1) is 0 Å². The van der Waals surface area contributed by atoms with Crippen LogP contribution in [0.3, 0.4) is 0 Å². The van der Waals surface area contributed by atoms with Gasteiger partial charge in [0.25, 0.3) is 0 Å². The van der Waals surface area contributed by atoms with Crippen molar-refractivity contribution in [3.05, 3.63) is 32.2 Å². The van der Waals surface area contributed by atoms with Crippen molar-refractivity contribution in [3.63, 3.8) is 0 Å². The number of nitrogens with zero attached hydrogens (tertiary/aromatic N) is 1. The standard InChI is InChI=1S/C15H20Br2N2O2/c1-15(2,3)21-14(20)19-5-4-12(18)13-9(8-19)6-10(16)7-11(13)17/h6-7,12H,4-5,8,18H2,1-3H3. The largest absolute Gasteiger partial charge is 0.444 e. The summed E-state index contributed by atoms with van der Waals surface area (Å²) < 4.78 is 7.41. The summed E-state index contributed by atoms with van der Waals surface area (Å²) in [5, 5.41) is 0. The Morgan fingerprint density at radius 1 is 1.38 bits per heavy atom. The zero-order valence-corrected chi connectivity index (χ0v) is 15.6. The van der Waals surface area contributed by atoms with E-state index >= 15 is 0 Å². The third-order valence-electron chi connectivity index (χ3n) is 3.27. The van der Waals surface area contributed by atoms with Crippen LogP contribution >= 0.6 is 31.9 Å². The van der Waals surface area contributed by atoms with Gasteiger partial charge in [0, 0.05) is 28.1 Å². The van der Waals surface area contributed by atoms with Gasteiger partial charge in [-0.15, -0.1) is 0 Å². The fourth-order valence-corrected chi connectivity index (χ4v) is 4.00. The Balaban J connectivity index is 2.29. The molecule has 6 heteroatoms. The second-order valence-electron chi connectivity index (χ2n) is 6.26. The maximum atomic E-state index is 12.3. The minimum Gasteiger partial charge on any atom is -0.444 e. The summed E-state index contributed by atoms with van der Waals surface area (Å²) in [7, 11) is 0. The molecule has 0 spiro atoms. The second kappa shape index (κ2) is 6.26. The van der Waals surface area contributed by atoms with Crippen LogP contribution in [0.2, 0.25) is 0 Å². The fourth-order valence-electron chi connectivity index (χ4n) is 2.39. The van der Waals surface area contributed by atoms with E-state index in [0.717, 1.165) is 20.1 Å². The molecule has 1 unspecified atom stereocenters. The van der Waals surface area contributed by atoms with Gasteiger partial charge in [0.05, 0.1) is 0 Å². The lowest BCUT2D eigenvalue weighted by molar-refractivity contribution is 0.0235. The van der Waals surface area contributed by atoms with E-state index in [-0.39, 0.29) is 12.1 Å². The van der Waals surface area contributed by atoms with Crippen LogP contribution in [-0.4, -0.2) is 23.1 Å². The lowest BCUT2D eigenvalue weighted by atomic mass is 10.0. The molecule has 4 nitrogen and oxygen atoms in total. The first-order chi connectivity index (χ1) is 9.67. The molecule has 1 atom stereocenters. The summed E-state index contributed by atoms with van der Waals surface area (Å²) >= 11 is 7.06. The quantitative estimate of drug-likeness (QED) is 0.679. The van der Waals surface area contributed by atoms with Crippen molar-refractivity contribution in [2.24, 2.45) is 5.73 Å². The number of ether oxygens (including phenoxy) is 1. The van der Waals surface area contributed by atoms with Gasteiger partial charge in [-0.25, -0.2) is 4.79 Å². The van der Waals surface area contributed by atoms with Crippen molar-refractivity contribution in [2.45, 2.75) is 45.4 Å². The molecule has 1 heterocycles. The van der Waals surface area contributed by atoms with Crippen LogP contribution in [0.4, 0.5) is 4.79 Å². The molecule has 1 amide bonds. The Labute approximate surface area is 142 Å². The zero-order chi connectivity index (χ0) is 15.8. The first-order valence-corrected chi connectivity index (χ1v) is 8.47. The molecule has 0 aliphatic carbocycles. The normalized spacial score (nSPS) is 19.0. The van der Waals surface area contributed by atoms with Crippen molar-refractivity contribution in [3.8, 4) is 0 Å². The number of hydrogen-bond donors (Lipinski definition) is 1. The van der Waals surface area contributed by atoms with Crippen LogP contribution in [0.1, 0.15) is 44.4 Å². The second-order valence-corrected chi connectivity index (χ2v) is 8.03. The summed E-state index contributed by atoms with van der Waals surface area (Å²) in [6, 6.07) is 3.92. The first kappa shape index (κ1) is 16.8. The SMILES string of the molecule is CC(C)(C)OC(=O)N1CCC(N)c2c(Br)cc(Br)cc2C1. The molecule has 0 bridgehead atoms. The van der Waals surface area contributed by atoms with Gasteiger partial charge in [0.1, 0.15) is 5.60 Å². The van der Waals surface area contributed by atoms with E-state index in [2.05, 4.69) is 31.9 Å². The average Bonchev–Trinajstić information content (AvgIpc) is 2.46. The summed E-state index contributed by atoms with van der Waals surface area (Å²) in [4.78, 5) is 14.0. The van der Waals surface area contributed by atoms with Crippen molar-refractivity contribution < 1.29 is 9.53 Å². The topological polar surface area (TPSA) is 55.6 Å². The first-order valence-electron chi connectivity index (χ1n) is 6.88. The van der Waals surface area contributed by atoms with Gasteiger partial charge in [-0.1, -0.05) is 31.9 Å². The fraction of sp³-hybridized carbons (Fsp3) is 0.533. The van der Waals surface area contributed by atoms with E-state index in [1.807, 2.05) is 32.9 Å². The predicted molar refractivity (Wildman–Crippen MR) is 90.0 cm³/mol. The van der Waals surface area contributed by atoms with Gasteiger partial charge in [-0.3, -0.25) is 0 Å². The van der Waals surface area contributed by atoms with E-state index in [1.54, 1.807) is 4.90 Å². The Kier molecular flexibility index (Phi) is 5.00. The highest BCUT2D eigenvalue weighted by Gasteiger charge is 2.28. The van der Waals surface area contributed by atoms with Crippen molar-refractivity contribution in [1.29, 1.82) is 0 Å². The lowest BCUT2D eigenvalue weighted by Crippen LogP contribution is -2.36. The van der Waals surface area contributed by atoms with Crippen molar-refractivity contribution in [1.82, 2.24) is 4.90 Å². The number of halogens is 2. The Hall–Kier alpha value is -0.590. The van der Waals surface area contributed by atoms with Crippen LogP contribution in [0.15, 0.2) is 21.1 Å². The molecule has 0 fully saturated rings. The van der Waals surface area contributed by atoms with Crippen molar-refractivity contribution >= 4 is 38.0 Å². The van der Waals surface area contributed by atoms with E-state index in [0.29, 0.717) is 19.5 Å². The molecule has 1 aromatic carbocycles.